The number of hydrogen-bond acceptors (Lipinski definition) is 6. The summed E-state index contributed by atoms with van der Waals surface area (Å²) in [4.78, 5) is 30.8. The Morgan fingerprint density at radius 2 is 1.63 bits per heavy atom. The quantitative estimate of drug-likeness (QED) is 0.672. The first-order chi connectivity index (χ1) is 14.2. The molecule has 1 fully saturated rings. The third-order valence-electron chi connectivity index (χ3n) is 4.98. The first-order valence-electron chi connectivity index (χ1n) is 9.75. The van der Waals surface area contributed by atoms with E-state index in [1.54, 1.807) is 43.0 Å². The number of aromatic nitrogens is 1. The lowest BCUT2D eigenvalue weighted by Gasteiger charge is -2.33. The Hall–Kier alpha value is -2.78. The van der Waals surface area contributed by atoms with Crippen LogP contribution in [-0.2, 0) is 14.8 Å². The van der Waals surface area contributed by atoms with E-state index in [0.717, 1.165) is 5.56 Å². The number of nitrogens with zero attached hydrogens (tertiary/aromatic N) is 3. The Labute approximate surface area is 176 Å². The fraction of sp³-hybridized carbons (Fsp3) is 0.381. The van der Waals surface area contributed by atoms with Gasteiger partial charge in [-0.1, -0.05) is 17.7 Å². The van der Waals surface area contributed by atoms with Crippen molar-refractivity contribution < 1.29 is 22.7 Å². The van der Waals surface area contributed by atoms with E-state index < -0.39 is 16.0 Å². The van der Waals surface area contributed by atoms with E-state index >= 15 is 0 Å². The van der Waals surface area contributed by atoms with Crippen molar-refractivity contribution in [3.8, 4) is 0 Å². The first-order valence-corrected chi connectivity index (χ1v) is 11.2. The maximum Gasteiger partial charge on any atom is 0.339 e. The molecule has 1 aromatic heterocycles. The highest BCUT2D eigenvalue weighted by Gasteiger charge is 2.31. The van der Waals surface area contributed by atoms with Gasteiger partial charge in [0.15, 0.2) is 0 Å². The van der Waals surface area contributed by atoms with Crippen LogP contribution in [-0.4, -0.2) is 67.3 Å². The third kappa shape index (κ3) is 4.52. The fourth-order valence-corrected chi connectivity index (χ4v) is 4.68. The average molecular weight is 432 g/mol. The van der Waals surface area contributed by atoms with Crippen LogP contribution < -0.4 is 0 Å². The zero-order valence-corrected chi connectivity index (χ0v) is 18.1. The molecule has 1 aromatic carbocycles. The van der Waals surface area contributed by atoms with E-state index in [1.807, 2.05) is 6.92 Å². The molecule has 0 N–H and O–H groups in total. The predicted molar refractivity (Wildman–Crippen MR) is 111 cm³/mol. The van der Waals surface area contributed by atoms with E-state index in [-0.39, 0.29) is 49.3 Å². The Morgan fingerprint density at radius 1 is 1.00 bits per heavy atom. The molecule has 1 amide bonds. The molecule has 160 valence electrons. The van der Waals surface area contributed by atoms with Gasteiger partial charge in [0, 0.05) is 26.2 Å². The van der Waals surface area contributed by atoms with E-state index in [2.05, 4.69) is 4.98 Å². The van der Waals surface area contributed by atoms with Gasteiger partial charge in [0.25, 0.3) is 5.91 Å². The van der Waals surface area contributed by atoms with Gasteiger partial charge in [-0.3, -0.25) is 4.79 Å². The van der Waals surface area contributed by atoms with Crippen LogP contribution in [0.3, 0.4) is 0 Å². The molecule has 0 saturated carbocycles. The van der Waals surface area contributed by atoms with Crippen molar-refractivity contribution in [1.29, 1.82) is 0 Å². The zero-order chi connectivity index (χ0) is 21.9. The molecular weight excluding hydrogens is 406 g/mol. The lowest BCUT2D eigenvalue weighted by Crippen LogP contribution is -2.50. The van der Waals surface area contributed by atoms with Crippen molar-refractivity contribution in [1.82, 2.24) is 14.2 Å². The highest BCUT2D eigenvalue weighted by Crippen LogP contribution is 2.19. The molecule has 3 rings (SSSR count). The van der Waals surface area contributed by atoms with Crippen molar-refractivity contribution in [2.45, 2.75) is 25.7 Å². The van der Waals surface area contributed by atoms with Crippen molar-refractivity contribution in [2.24, 2.45) is 0 Å². The molecule has 30 heavy (non-hydrogen) atoms. The van der Waals surface area contributed by atoms with Gasteiger partial charge in [-0.15, -0.1) is 0 Å². The topological polar surface area (TPSA) is 96.9 Å². The molecule has 0 atom stereocenters. The first kappa shape index (κ1) is 21.9. The number of sulfonamides is 1. The molecule has 9 heteroatoms. The van der Waals surface area contributed by atoms with Crippen LogP contribution in [0.2, 0.25) is 0 Å². The standard InChI is InChI=1S/C21H25N3O5S/c1-4-29-21(26)18-9-10-19(22-16(18)3)20(25)23-11-13-24(14-12-23)30(27,28)17-7-5-15(2)6-8-17/h5-10H,4,11-14H2,1-3H3. The number of carbonyl (C=O) groups is 2. The molecular formula is C21H25N3O5S. The van der Waals surface area contributed by atoms with Crippen LogP contribution in [0.4, 0.5) is 0 Å². The monoisotopic (exact) mass is 431 g/mol. The summed E-state index contributed by atoms with van der Waals surface area (Å²) < 4.78 is 32.0. The van der Waals surface area contributed by atoms with E-state index in [0.29, 0.717) is 11.3 Å². The molecule has 2 heterocycles. The minimum atomic E-state index is -3.59. The second-order valence-corrected chi connectivity index (χ2v) is 9.00. The highest BCUT2D eigenvalue weighted by atomic mass is 32.2. The number of benzene rings is 1. The number of esters is 1. The minimum Gasteiger partial charge on any atom is -0.462 e. The summed E-state index contributed by atoms with van der Waals surface area (Å²) in [5.74, 6) is -0.766. The molecule has 0 aliphatic carbocycles. The molecule has 8 nitrogen and oxygen atoms in total. The lowest BCUT2D eigenvalue weighted by atomic mass is 10.1. The maximum atomic E-state index is 12.8. The van der Waals surface area contributed by atoms with Crippen LogP contribution in [0.25, 0.3) is 0 Å². The fourth-order valence-electron chi connectivity index (χ4n) is 3.26. The van der Waals surface area contributed by atoms with E-state index in [4.69, 9.17) is 4.74 Å². The number of hydrogen-bond donors (Lipinski definition) is 0. The van der Waals surface area contributed by atoms with Gasteiger partial charge in [-0.05, 0) is 45.0 Å². The average Bonchev–Trinajstić information content (AvgIpc) is 2.73. The number of piperazine rings is 1. The Morgan fingerprint density at radius 3 is 2.20 bits per heavy atom. The van der Waals surface area contributed by atoms with Gasteiger partial charge in [-0.2, -0.15) is 4.31 Å². The molecule has 1 aliphatic heterocycles. The van der Waals surface area contributed by atoms with Crippen LogP contribution >= 0.6 is 0 Å². The van der Waals surface area contributed by atoms with Crippen LogP contribution in [0.15, 0.2) is 41.3 Å². The van der Waals surface area contributed by atoms with Crippen molar-refractivity contribution >= 4 is 21.9 Å². The van der Waals surface area contributed by atoms with Gasteiger partial charge in [0.05, 0.1) is 22.8 Å². The number of amides is 1. The van der Waals surface area contributed by atoms with Gasteiger partial charge in [0.1, 0.15) is 5.69 Å². The second kappa shape index (κ2) is 8.93. The Kier molecular flexibility index (Phi) is 6.52. The molecule has 0 unspecified atom stereocenters. The molecule has 1 saturated heterocycles. The number of ether oxygens (including phenoxy) is 1. The van der Waals surface area contributed by atoms with Crippen LogP contribution in [0.1, 0.15) is 39.0 Å². The lowest BCUT2D eigenvalue weighted by molar-refractivity contribution is 0.0523. The molecule has 0 spiro atoms. The van der Waals surface area contributed by atoms with Crippen molar-refractivity contribution in [3.63, 3.8) is 0 Å². The van der Waals surface area contributed by atoms with Gasteiger partial charge >= 0.3 is 5.97 Å². The summed E-state index contributed by atoms with van der Waals surface area (Å²) in [7, 11) is -3.59. The molecule has 1 aliphatic rings. The van der Waals surface area contributed by atoms with E-state index in [9.17, 15) is 18.0 Å². The smallest absolute Gasteiger partial charge is 0.339 e. The predicted octanol–water partition coefficient (Wildman–Crippen LogP) is 2.02. The third-order valence-corrected chi connectivity index (χ3v) is 6.90. The summed E-state index contributed by atoms with van der Waals surface area (Å²) in [6.07, 6.45) is 0. The molecule has 0 radical (unpaired) electrons. The largest absolute Gasteiger partial charge is 0.462 e. The zero-order valence-electron chi connectivity index (χ0n) is 17.3. The maximum absolute atomic E-state index is 12.8. The van der Waals surface area contributed by atoms with Crippen molar-refractivity contribution in [3.05, 3.63) is 58.9 Å². The Bertz CT molecular complexity index is 1040. The van der Waals surface area contributed by atoms with Crippen molar-refractivity contribution in [2.75, 3.05) is 32.8 Å². The normalized spacial score (nSPS) is 15.1. The summed E-state index contributed by atoms with van der Waals surface area (Å²) in [5.41, 5.74) is 1.94. The van der Waals surface area contributed by atoms with Crippen LogP contribution in [0.5, 0.6) is 0 Å². The second-order valence-electron chi connectivity index (χ2n) is 7.06. The Balaban J connectivity index is 1.67. The van der Waals surface area contributed by atoms with Gasteiger partial charge < -0.3 is 9.64 Å². The minimum absolute atomic E-state index is 0.210. The number of aryl methyl sites for hydroxylation is 2. The molecule has 2 aromatic rings. The number of rotatable bonds is 5. The van der Waals surface area contributed by atoms with Gasteiger partial charge in [0.2, 0.25) is 10.0 Å². The number of pyridine rings is 1. The van der Waals surface area contributed by atoms with Gasteiger partial charge in [-0.25, -0.2) is 18.2 Å². The summed E-state index contributed by atoms with van der Waals surface area (Å²) >= 11 is 0. The molecule has 0 bridgehead atoms. The van der Waals surface area contributed by atoms with E-state index in [1.165, 1.54) is 16.4 Å². The summed E-state index contributed by atoms with van der Waals surface area (Å²) in [5, 5.41) is 0. The highest BCUT2D eigenvalue weighted by molar-refractivity contribution is 7.89. The van der Waals surface area contributed by atoms with Crippen LogP contribution in [0, 0.1) is 13.8 Å². The summed E-state index contributed by atoms with van der Waals surface area (Å²) in [6.45, 7) is 6.48. The summed E-state index contributed by atoms with van der Waals surface area (Å²) in [6, 6.07) is 9.75. The SMILES string of the molecule is CCOC(=O)c1ccc(C(=O)N2CCN(S(=O)(=O)c3ccc(C)cc3)CC2)nc1C. The number of carbonyl (C=O) groups excluding carboxylic acids is 2.